The average Bonchev–Trinajstić information content (AvgIpc) is 2.37. The van der Waals surface area contributed by atoms with E-state index < -0.39 is 11.7 Å². The van der Waals surface area contributed by atoms with Crippen LogP contribution in [0.3, 0.4) is 0 Å². The Morgan fingerprint density at radius 1 is 1.10 bits per heavy atom. The van der Waals surface area contributed by atoms with Gasteiger partial charge in [-0.15, -0.1) is 0 Å². The van der Waals surface area contributed by atoms with Crippen molar-refractivity contribution in [1.82, 2.24) is 0 Å². The maximum absolute atomic E-state index is 13.0. The molecule has 0 saturated heterocycles. The van der Waals surface area contributed by atoms with Gasteiger partial charge in [-0.05, 0) is 36.2 Å². The second-order valence-corrected chi connectivity index (χ2v) is 4.70. The number of hydrogen-bond acceptors (Lipinski definition) is 1. The van der Waals surface area contributed by atoms with Crippen molar-refractivity contribution in [3.05, 3.63) is 58.6 Å². The summed E-state index contributed by atoms with van der Waals surface area (Å²) in [5.74, 6) is -0.231. The molecule has 1 nitrogen and oxygen atoms in total. The van der Waals surface area contributed by atoms with Crippen molar-refractivity contribution < 1.29 is 18.0 Å². The van der Waals surface area contributed by atoms with E-state index in [1.165, 1.54) is 43.3 Å². The van der Waals surface area contributed by atoms with Crippen molar-refractivity contribution in [2.75, 3.05) is 0 Å². The van der Waals surface area contributed by atoms with Crippen molar-refractivity contribution in [2.45, 2.75) is 13.1 Å². The minimum atomic E-state index is -4.44. The molecule has 0 fully saturated rings. The molecule has 0 aliphatic rings. The lowest BCUT2D eigenvalue weighted by atomic mass is 9.98. The number of rotatable bonds is 2. The number of Topliss-reactive ketones (excluding diaryl/α,β-unsaturated/α-hetero) is 1. The summed E-state index contributed by atoms with van der Waals surface area (Å²) in [7, 11) is 0. The maximum Gasteiger partial charge on any atom is 0.417 e. The molecule has 0 aliphatic heterocycles. The molecule has 0 saturated carbocycles. The third-order valence-electron chi connectivity index (χ3n) is 2.89. The van der Waals surface area contributed by atoms with Gasteiger partial charge in [0, 0.05) is 5.56 Å². The molecule has 0 radical (unpaired) electrons. The SMILES string of the molecule is CC(=O)c1ccc(-c2ccccc2C(F)(F)F)cc1Cl. The van der Waals surface area contributed by atoms with E-state index in [0.29, 0.717) is 11.1 Å². The number of benzene rings is 2. The predicted octanol–water partition coefficient (Wildman–Crippen LogP) is 5.23. The molecule has 2 aromatic rings. The van der Waals surface area contributed by atoms with Gasteiger partial charge in [0.25, 0.3) is 0 Å². The highest BCUT2D eigenvalue weighted by Crippen LogP contribution is 2.37. The van der Waals surface area contributed by atoms with E-state index in [9.17, 15) is 18.0 Å². The first-order chi connectivity index (χ1) is 9.30. The largest absolute Gasteiger partial charge is 0.417 e. The first-order valence-corrected chi connectivity index (χ1v) is 6.15. The lowest BCUT2D eigenvalue weighted by Gasteiger charge is -2.13. The summed E-state index contributed by atoms with van der Waals surface area (Å²) in [5.41, 5.74) is -0.0727. The Labute approximate surface area is 119 Å². The van der Waals surface area contributed by atoms with Gasteiger partial charge in [0.2, 0.25) is 0 Å². The number of halogens is 4. The van der Waals surface area contributed by atoms with Crippen LogP contribution in [0.5, 0.6) is 0 Å². The van der Waals surface area contributed by atoms with Gasteiger partial charge in [0.05, 0.1) is 10.6 Å². The van der Waals surface area contributed by atoms with E-state index in [1.54, 1.807) is 0 Å². The second kappa shape index (κ2) is 5.29. The van der Waals surface area contributed by atoms with E-state index in [0.717, 1.165) is 6.07 Å². The molecule has 20 heavy (non-hydrogen) atoms. The van der Waals surface area contributed by atoms with Crippen molar-refractivity contribution in [3.8, 4) is 11.1 Å². The van der Waals surface area contributed by atoms with Crippen LogP contribution in [0.2, 0.25) is 5.02 Å². The van der Waals surface area contributed by atoms with Crippen molar-refractivity contribution in [2.24, 2.45) is 0 Å². The lowest BCUT2D eigenvalue weighted by Crippen LogP contribution is -2.07. The fraction of sp³-hybridized carbons (Fsp3) is 0.133. The Bertz CT molecular complexity index is 662. The number of hydrogen-bond donors (Lipinski definition) is 0. The third-order valence-corrected chi connectivity index (χ3v) is 3.20. The first-order valence-electron chi connectivity index (χ1n) is 5.78. The molecule has 2 rings (SSSR count). The van der Waals surface area contributed by atoms with Gasteiger partial charge in [-0.3, -0.25) is 4.79 Å². The predicted molar refractivity (Wildman–Crippen MR) is 71.9 cm³/mol. The topological polar surface area (TPSA) is 17.1 Å². The average molecular weight is 299 g/mol. The van der Waals surface area contributed by atoms with Crippen LogP contribution in [-0.4, -0.2) is 5.78 Å². The molecule has 0 bridgehead atoms. The van der Waals surface area contributed by atoms with Crippen LogP contribution in [0.25, 0.3) is 11.1 Å². The summed E-state index contributed by atoms with van der Waals surface area (Å²) in [5, 5.41) is 0.145. The van der Waals surface area contributed by atoms with Crippen LogP contribution in [-0.2, 0) is 6.18 Å². The highest BCUT2D eigenvalue weighted by Gasteiger charge is 2.33. The Kier molecular flexibility index (Phi) is 3.86. The first kappa shape index (κ1) is 14.6. The highest BCUT2D eigenvalue weighted by atomic mass is 35.5. The Morgan fingerprint density at radius 3 is 2.30 bits per heavy atom. The molecule has 0 aromatic heterocycles. The maximum atomic E-state index is 13.0. The zero-order valence-electron chi connectivity index (χ0n) is 10.5. The molecule has 104 valence electrons. The Balaban J connectivity index is 2.59. The number of alkyl halides is 3. The van der Waals surface area contributed by atoms with E-state index in [1.807, 2.05) is 0 Å². The van der Waals surface area contributed by atoms with Gasteiger partial charge >= 0.3 is 6.18 Å². The molecular weight excluding hydrogens is 289 g/mol. The van der Waals surface area contributed by atoms with Crippen LogP contribution in [0.1, 0.15) is 22.8 Å². The normalized spacial score (nSPS) is 11.4. The summed E-state index contributed by atoms with van der Waals surface area (Å²) >= 11 is 5.94. The molecule has 0 unspecified atom stereocenters. The molecule has 0 N–H and O–H groups in total. The highest BCUT2D eigenvalue weighted by molar-refractivity contribution is 6.34. The fourth-order valence-corrected chi connectivity index (χ4v) is 2.26. The summed E-state index contributed by atoms with van der Waals surface area (Å²) < 4.78 is 38.9. The van der Waals surface area contributed by atoms with Crippen molar-refractivity contribution in [1.29, 1.82) is 0 Å². The smallest absolute Gasteiger partial charge is 0.294 e. The summed E-state index contributed by atoms with van der Waals surface area (Å²) in [6, 6.07) is 9.53. The second-order valence-electron chi connectivity index (χ2n) is 4.29. The van der Waals surface area contributed by atoms with Gasteiger partial charge in [0.1, 0.15) is 0 Å². The standard InChI is InChI=1S/C15H10ClF3O/c1-9(20)11-7-6-10(8-14(11)16)12-4-2-3-5-13(12)15(17,18)19/h2-8H,1H3. The van der Waals surface area contributed by atoms with Crippen molar-refractivity contribution in [3.63, 3.8) is 0 Å². The molecule has 0 atom stereocenters. The van der Waals surface area contributed by atoms with Gasteiger partial charge in [-0.1, -0.05) is 35.9 Å². The number of carbonyl (C=O) groups is 1. The van der Waals surface area contributed by atoms with Crippen LogP contribution < -0.4 is 0 Å². The van der Waals surface area contributed by atoms with Crippen LogP contribution in [0.15, 0.2) is 42.5 Å². The quantitative estimate of drug-likeness (QED) is 0.694. The molecule has 0 amide bonds. The fourth-order valence-electron chi connectivity index (χ4n) is 1.95. The Hall–Kier alpha value is -1.81. The van der Waals surface area contributed by atoms with Gasteiger partial charge < -0.3 is 0 Å². The zero-order valence-corrected chi connectivity index (χ0v) is 11.2. The van der Waals surface area contributed by atoms with E-state index in [4.69, 9.17) is 11.6 Å². The minimum Gasteiger partial charge on any atom is -0.294 e. The third kappa shape index (κ3) is 2.85. The number of carbonyl (C=O) groups excluding carboxylic acids is 1. The van der Waals surface area contributed by atoms with Gasteiger partial charge in [-0.25, -0.2) is 0 Å². The Morgan fingerprint density at radius 2 is 1.75 bits per heavy atom. The van der Waals surface area contributed by atoms with Gasteiger partial charge in [-0.2, -0.15) is 13.2 Å². The summed E-state index contributed by atoms with van der Waals surface area (Å²) in [4.78, 5) is 11.3. The van der Waals surface area contributed by atoms with E-state index in [2.05, 4.69) is 0 Å². The number of ketones is 1. The molecule has 0 spiro atoms. The van der Waals surface area contributed by atoms with Crippen molar-refractivity contribution >= 4 is 17.4 Å². The molecule has 5 heteroatoms. The summed E-state index contributed by atoms with van der Waals surface area (Å²) in [6.07, 6.45) is -4.44. The van der Waals surface area contributed by atoms with Crippen LogP contribution in [0.4, 0.5) is 13.2 Å². The molecule has 2 aromatic carbocycles. The lowest BCUT2D eigenvalue weighted by molar-refractivity contribution is -0.137. The molecule has 0 aliphatic carbocycles. The van der Waals surface area contributed by atoms with Gasteiger partial charge in [0.15, 0.2) is 5.78 Å². The molecule has 0 heterocycles. The van der Waals surface area contributed by atoms with Crippen LogP contribution in [0, 0.1) is 0 Å². The van der Waals surface area contributed by atoms with Crippen LogP contribution >= 0.6 is 11.6 Å². The monoisotopic (exact) mass is 298 g/mol. The van der Waals surface area contributed by atoms with E-state index in [-0.39, 0.29) is 16.4 Å². The summed E-state index contributed by atoms with van der Waals surface area (Å²) in [6.45, 7) is 1.35. The zero-order chi connectivity index (χ0) is 14.9. The minimum absolute atomic E-state index is 0.0389. The van der Waals surface area contributed by atoms with E-state index >= 15 is 0 Å². The molecular formula is C15H10ClF3O.